The molecule has 1 heterocycles. The fourth-order valence-electron chi connectivity index (χ4n) is 1.47. The Kier molecular flexibility index (Phi) is 5.54. The van der Waals surface area contributed by atoms with E-state index in [9.17, 15) is 0 Å². The molecule has 0 aliphatic rings. The molecule has 1 aromatic rings. The van der Waals surface area contributed by atoms with Gasteiger partial charge in [0.1, 0.15) is 18.2 Å². The van der Waals surface area contributed by atoms with Crippen molar-refractivity contribution in [3.8, 4) is 0 Å². The molecule has 2 N–H and O–H groups in total. The van der Waals surface area contributed by atoms with Crippen LogP contribution in [0, 0.1) is 5.41 Å². The number of nitrogens with zero attached hydrogens (tertiary/aromatic N) is 2. The van der Waals surface area contributed by atoms with Crippen molar-refractivity contribution in [2.45, 2.75) is 47.3 Å². The molecule has 0 aromatic carbocycles. The summed E-state index contributed by atoms with van der Waals surface area (Å²) >= 11 is 0. The highest BCUT2D eigenvalue weighted by molar-refractivity contribution is 5.48. The van der Waals surface area contributed by atoms with E-state index in [1.54, 1.807) is 7.11 Å². The Morgan fingerprint density at radius 2 is 1.89 bits per heavy atom. The maximum atomic E-state index is 5.11. The maximum Gasteiger partial charge on any atom is 0.158 e. The molecule has 5 nitrogen and oxygen atoms in total. The molecule has 0 amide bonds. The number of ether oxygens (including phenoxy) is 1. The molecular formula is C14H26N4O. The lowest BCUT2D eigenvalue weighted by molar-refractivity contribution is 0.178. The third kappa shape index (κ3) is 5.03. The molecule has 19 heavy (non-hydrogen) atoms. The molecule has 0 bridgehead atoms. The number of hydrogen-bond donors (Lipinski definition) is 2. The molecular weight excluding hydrogens is 240 g/mol. The summed E-state index contributed by atoms with van der Waals surface area (Å²) in [6.45, 7) is 12.1. The number of anilines is 2. The monoisotopic (exact) mass is 266 g/mol. The van der Waals surface area contributed by atoms with Crippen molar-refractivity contribution in [2.75, 3.05) is 24.3 Å². The van der Waals surface area contributed by atoms with Gasteiger partial charge in [0.05, 0.1) is 0 Å². The third-order valence-corrected chi connectivity index (χ3v) is 3.07. The minimum absolute atomic E-state index is 0.171. The van der Waals surface area contributed by atoms with E-state index in [-0.39, 0.29) is 5.41 Å². The van der Waals surface area contributed by atoms with Crippen LogP contribution in [0.25, 0.3) is 0 Å². The van der Waals surface area contributed by atoms with E-state index in [0.717, 1.165) is 18.2 Å². The van der Waals surface area contributed by atoms with Crippen molar-refractivity contribution in [1.29, 1.82) is 0 Å². The second-order valence-corrected chi connectivity index (χ2v) is 5.75. The van der Waals surface area contributed by atoms with E-state index >= 15 is 0 Å². The predicted molar refractivity (Wildman–Crippen MR) is 79.4 cm³/mol. The van der Waals surface area contributed by atoms with Crippen LogP contribution >= 0.6 is 0 Å². The van der Waals surface area contributed by atoms with E-state index in [4.69, 9.17) is 4.74 Å². The minimum atomic E-state index is 0.171. The van der Waals surface area contributed by atoms with Gasteiger partial charge >= 0.3 is 0 Å². The Balaban J connectivity index is 2.92. The van der Waals surface area contributed by atoms with Gasteiger partial charge in [-0.05, 0) is 19.3 Å². The van der Waals surface area contributed by atoms with Crippen LogP contribution in [0.2, 0.25) is 0 Å². The Bertz CT molecular complexity index is 377. The largest absolute Gasteiger partial charge is 0.377 e. The first-order valence-corrected chi connectivity index (χ1v) is 6.74. The van der Waals surface area contributed by atoms with Gasteiger partial charge in [-0.15, -0.1) is 0 Å². The van der Waals surface area contributed by atoms with Crippen molar-refractivity contribution in [1.82, 2.24) is 9.97 Å². The van der Waals surface area contributed by atoms with Gasteiger partial charge in [-0.25, -0.2) is 9.97 Å². The molecule has 1 rings (SSSR count). The lowest BCUT2D eigenvalue weighted by atomic mass is 9.88. The summed E-state index contributed by atoms with van der Waals surface area (Å²) in [6, 6.07) is 2.25. The predicted octanol–water partition coefficient (Wildman–Crippen LogP) is 2.90. The molecule has 0 saturated heterocycles. The molecule has 5 heteroatoms. The summed E-state index contributed by atoms with van der Waals surface area (Å²) in [7, 11) is 1.65. The molecule has 0 fully saturated rings. The summed E-state index contributed by atoms with van der Waals surface area (Å²) in [5.41, 5.74) is 0.171. The molecule has 0 saturated carbocycles. The van der Waals surface area contributed by atoms with Gasteiger partial charge in [0.15, 0.2) is 5.82 Å². The van der Waals surface area contributed by atoms with Gasteiger partial charge in [-0.3, -0.25) is 0 Å². The first-order chi connectivity index (χ1) is 8.86. The van der Waals surface area contributed by atoms with Crippen molar-refractivity contribution in [3.63, 3.8) is 0 Å². The SMILES string of the molecule is CCNc1cc(NC(C)C(C)(C)C)nc(COC)n1. The Morgan fingerprint density at radius 3 is 2.42 bits per heavy atom. The number of nitrogens with one attached hydrogen (secondary N) is 2. The van der Waals surface area contributed by atoms with Gasteiger partial charge in [0, 0.05) is 25.8 Å². The Labute approximate surface area is 116 Å². The minimum Gasteiger partial charge on any atom is -0.377 e. The van der Waals surface area contributed by atoms with E-state index in [1.165, 1.54) is 0 Å². The summed E-state index contributed by atoms with van der Waals surface area (Å²) < 4.78 is 5.11. The Hall–Kier alpha value is -1.36. The van der Waals surface area contributed by atoms with E-state index in [0.29, 0.717) is 18.5 Å². The first-order valence-electron chi connectivity index (χ1n) is 6.74. The Morgan fingerprint density at radius 1 is 1.26 bits per heavy atom. The summed E-state index contributed by atoms with van der Waals surface area (Å²) in [5.74, 6) is 2.35. The average molecular weight is 266 g/mol. The van der Waals surface area contributed by atoms with Crippen LogP contribution in [0.5, 0.6) is 0 Å². The fraction of sp³-hybridized carbons (Fsp3) is 0.714. The highest BCUT2D eigenvalue weighted by Gasteiger charge is 2.20. The second-order valence-electron chi connectivity index (χ2n) is 5.75. The van der Waals surface area contributed by atoms with Gasteiger partial charge in [0.25, 0.3) is 0 Å². The topological polar surface area (TPSA) is 59.1 Å². The summed E-state index contributed by atoms with van der Waals surface area (Å²) in [4.78, 5) is 8.87. The lowest BCUT2D eigenvalue weighted by Crippen LogP contribution is -2.31. The van der Waals surface area contributed by atoms with E-state index < -0.39 is 0 Å². The van der Waals surface area contributed by atoms with Crippen LogP contribution in [0.15, 0.2) is 6.07 Å². The fourth-order valence-corrected chi connectivity index (χ4v) is 1.47. The van der Waals surface area contributed by atoms with Crippen LogP contribution in [0.3, 0.4) is 0 Å². The van der Waals surface area contributed by atoms with Crippen molar-refractivity contribution in [3.05, 3.63) is 11.9 Å². The van der Waals surface area contributed by atoms with E-state index in [1.807, 2.05) is 13.0 Å². The van der Waals surface area contributed by atoms with Crippen LogP contribution in [0.1, 0.15) is 40.4 Å². The maximum absolute atomic E-state index is 5.11. The van der Waals surface area contributed by atoms with Gasteiger partial charge in [-0.1, -0.05) is 20.8 Å². The zero-order chi connectivity index (χ0) is 14.5. The normalized spacial score (nSPS) is 13.2. The van der Waals surface area contributed by atoms with Gasteiger partial charge in [-0.2, -0.15) is 0 Å². The van der Waals surface area contributed by atoms with Crippen LogP contribution in [-0.4, -0.2) is 29.7 Å². The molecule has 1 unspecified atom stereocenters. The van der Waals surface area contributed by atoms with E-state index in [2.05, 4.69) is 48.3 Å². The molecule has 0 aliphatic heterocycles. The quantitative estimate of drug-likeness (QED) is 0.829. The number of methoxy groups -OCH3 is 1. The van der Waals surface area contributed by atoms with Crippen molar-refractivity contribution < 1.29 is 4.74 Å². The molecule has 0 radical (unpaired) electrons. The number of hydrogen-bond acceptors (Lipinski definition) is 5. The molecule has 0 aliphatic carbocycles. The number of rotatable bonds is 6. The summed E-state index contributed by atoms with van der Waals surface area (Å²) in [6.07, 6.45) is 0. The molecule has 1 aromatic heterocycles. The zero-order valence-corrected chi connectivity index (χ0v) is 12.9. The molecule has 0 spiro atoms. The molecule has 1 atom stereocenters. The second kappa shape index (κ2) is 6.70. The van der Waals surface area contributed by atoms with Crippen LogP contribution < -0.4 is 10.6 Å². The summed E-state index contributed by atoms with van der Waals surface area (Å²) in [5, 5.41) is 6.64. The lowest BCUT2D eigenvalue weighted by Gasteiger charge is -2.28. The average Bonchev–Trinajstić information content (AvgIpc) is 2.28. The highest BCUT2D eigenvalue weighted by atomic mass is 16.5. The standard InChI is InChI=1S/C14H26N4O/c1-7-15-11-8-12(16-10(2)14(3,4)5)18-13(17-11)9-19-6/h8,10H,7,9H2,1-6H3,(H2,15,16,17,18). The number of aromatic nitrogens is 2. The van der Waals surface area contributed by atoms with Crippen LogP contribution in [0.4, 0.5) is 11.6 Å². The third-order valence-electron chi connectivity index (χ3n) is 3.07. The smallest absolute Gasteiger partial charge is 0.158 e. The zero-order valence-electron chi connectivity index (χ0n) is 12.9. The van der Waals surface area contributed by atoms with Gasteiger partial charge in [0.2, 0.25) is 0 Å². The van der Waals surface area contributed by atoms with Crippen LogP contribution in [-0.2, 0) is 11.3 Å². The molecule has 108 valence electrons. The van der Waals surface area contributed by atoms with Crippen molar-refractivity contribution >= 4 is 11.6 Å². The highest BCUT2D eigenvalue weighted by Crippen LogP contribution is 2.23. The first kappa shape index (κ1) is 15.7. The van der Waals surface area contributed by atoms with Crippen molar-refractivity contribution in [2.24, 2.45) is 5.41 Å². The van der Waals surface area contributed by atoms with Gasteiger partial charge < -0.3 is 15.4 Å².